The van der Waals surface area contributed by atoms with E-state index in [1.165, 1.54) is 51.2 Å². The molecule has 0 saturated heterocycles. The highest BCUT2D eigenvalue weighted by molar-refractivity contribution is 7.98. The molecule has 0 aliphatic carbocycles. The molecule has 1 N–H and O–H groups in total. The fourth-order valence-electron chi connectivity index (χ4n) is 2.07. The summed E-state index contributed by atoms with van der Waals surface area (Å²) in [4.78, 5) is 16.8. The van der Waals surface area contributed by atoms with Crippen LogP contribution >= 0.6 is 11.8 Å². The van der Waals surface area contributed by atoms with E-state index in [4.69, 9.17) is 4.74 Å². The average Bonchev–Trinajstić information content (AvgIpc) is 2.61. The number of thioether (sulfide) groups is 1. The second-order valence-corrected chi connectivity index (χ2v) is 8.11. The van der Waals surface area contributed by atoms with Crippen LogP contribution in [0.5, 0.6) is 5.75 Å². The van der Waals surface area contributed by atoms with Crippen LogP contribution in [-0.4, -0.2) is 51.1 Å². The smallest absolute Gasteiger partial charge is 0.258 e. The number of benzene rings is 1. The number of nitrogens with zero attached hydrogens (tertiary/aromatic N) is 2. The van der Waals surface area contributed by atoms with Crippen LogP contribution in [0.4, 0.5) is 5.69 Å². The average molecular weight is 381 g/mol. The number of rotatable bonds is 6. The van der Waals surface area contributed by atoms with Crippen molar-refractivity contribution in [3.63, 3.8) is 0 Å². The van der Waals surface area contributed by atoms with Gasteiger partial charge in [0.15, 0.2) is 0 Å². The van der Waals surface area contributed by atoms with E-state index in [9.17, 15) is 13.2 Å². The van der Waals surface area contributed by atoms with Crippen molar-refractivity contribution < 1.29 is 17.9 Å². The molecule has 25 heavy (non-hydrogen) atoms. The number of carbonyl (C=O) groups is 1. The molecule has 9 heteroatoms. The Morgan fingerprint density at radius 3 is 2.60 bits per heavy atom. The zero-order chi connectivity index (χ0) is 18.6. The van der Waals surface area contributed by atoms with Gasteiger partial charge in [-0.25, -0.2) is 17.7 Å². The van der Waals surface area contributed by atoms with Gasteiger partial charge in [0.1, 0.15) is 10.8 Å². The summed E-state index contributed by atoms with van der Waals surface area (Å²) in [6, 6.07) is 7.63. The van der Waals surface area contributed by atoms with Gasteiger partial charge >= 0.3 is 0 Å². The maximum Gasteiger partial charge on any atom is 0.258 e. The number of amides is 1. The number of sulfonamides is 1. The molecule has 0 aliphatic heterocycles. The van der Waals surface area contributed by atoms with Gasteiger partial charge in [-0.15, -0.1) is 11.8 Å². The molecule has 0 radical (unpaired) electrons. The summed E-state index contributed by atoms with van der Waals surface area (Å²) < 4.78 is 30.9. The second-order valence-electron chi connectivity index (χ2n) is 5.16. The zero-order valence-corrected chi connectivity index (χ0v) is 15.9. The van der Waals surface area contributed by atoms with Crippen molar-refractivity contribution in [2.75, 3.05) is 32.8 Å². The van der Waals surface area contributed by atoms with Gasteiger partial charge in [-0.2, -0.15) is 0 Å². The highest BCUT2D eigenvalue weighted by atomic mass is 32.2. The number of aromatic nitrogens is 1. The third kappa shape index (κ3) is 4.12. The minimum absolute atomic E-state index is 0.0601. The number of nitrogens with one attached hydrogen (secondary N) is 1. The molecular weight excluding hydrogens is 362 g/mol. The fourth-order valence-corrected chi connectivity index (χ4v) is 3.55. The number of carbonyl (C=O) groups excluding carboxylic acids is 1. The van der Waals surface area contributed by atoms with Gasteiger partial charge in [0.05, 0.1) is 23.3 Å². The lowest BCUT2D eigenvalue weighted by Gasteiger charge is -2.15. The van der Waals surface area contributed by atoms with Crippen molar-refractivity contribution in [1.29, 1.82) is 0 Å². The summed E-state index contributed by atoms with van der Waals surface area (Å²) >= 11 is 1.35. The maximum absolute atomic E-state index is 12.6. The van der Waals surface area contributed by atoms with E-state index < -0.39 is 15.9 Å². The number of hydrogen-bond acceptors (Lipinski definition) is 6. The lowest BCUT2D eigenvalue weighted by molar-refractivity contribution is 0.102. The Bertz CT molecular complexity index is 883. The SMILES string of the molecule is COc1ccc(S(=O)(=O)N(C)C)cc1NC(=O)c1cccnc1SC. The molecule has 1 aromatic heterocycles. The van der Waals surface area contributed by atoms with Gasteiger partial charge in [0, 0.05) is 20.3 Å². The Kier molecular flexibility index (Phi) is 6.04. The first-order chi connectivity index (χ1) is 11.8. The van der Waals surface area contributed by atoms with Gasteiger partial charge in [0.25, 0.3) is 5.91 Å². The van der Waals surface area contributed by atoms with Crippen LogP contribution < -0.4 is 10.1 Å². The van der Waals surface area contributed by atoms with Gasteiger partial charge in [0.2, 0.25) is 10.0 Å². The molecule has 0 saturated carbocycles. The molecule has 0 spiro atoms. The van der Waals surface area contributed by atoms with Gasteiger partial charge in [-0.05, 0) is 36.6 Å². The van der Waals surface area contributed by atoms with Crippen LogP contribution in [0, 0.1) is 0 Å². The number of methoxy groups -OCH3 is 1. The van der Waals surface area contributed by atoms with Crippen molar-refractivity contribution in [1.82, 2.24) is 9.29 Å². The quantitative estimate of drug-likeness (QED) is 0.773. The van der Waals surface area contributed by atoms with E-state index in [-0.39, 0.29) is 10.6 Å². The molecule has 0 fully saturated rings. The number of ether oxygens (including phenoxy) is 1. The minimum Gasteiger partial charge on any atom is -0.495 e. The van der Waals surface area contributed by atoms with E-state index in [0.29, 0.717) is 16.3 Å². The van der Waals surface area contributed by atoms with Crippen molar-refractivity contribution in [3.8, 4) is 5.75 Å². The van der Waals surface area contributed by atoms with Crippen LogP contribution in [0.1, 0.15) is 10.4 Å². The van der Waals surface area contributed by atoms with Crippen LogP contribution in [0.15, 0.2) is 46.5 Å². The predicted molar refractivity (Wildman–Crippen MR) is 97.8 cm³/mol. The van der Waals surface area contributed by atoms with E-state index in [2.05, 4.69) is 10.3 Å². The minimum atomic E-state index is -3.63. The lowest BCUT2D eigenvalue weighted by Crippen LogP contribution is -2.22. The first kappa shape index (κ1) is 19.2. The van der Waals surface area contributed by atoms with Crippen molar-refractivity contribution in [3.05, 3.63) is 42.1 Å². The van der Waals surface area contributed by atoms with Crippen LogP contribution in [0.2, 0.25) is 0 Å². The Morgan fingerprint density at radius 1 is 1.28 bits per heavy atom. The van der Waals surface area contributed by atoms with E-state index >= 15 is 0 Å². The third-order valence-electron chi connectivity index (χ3n) is 3.41. The van der Waals surface area contributed by atoms with Gasteiger partial charge in [-0.3, -0.25) is 4.79 Å². The molecule has 0 atom stereocenters. The summed E-state index contributed by atoms with van der Waals surface area (Å²) in [5, 5.41) is 3.28. The van der Waals surface area contributed by atoms with Gasteiger partial charge < -0.3 is 10.1 Å². The summed E-state index contributed by atoms with van der Waals surface area (Å²) in [6.45, 7) is 0. The highest BCUT2D eigenvalue weighted by Gasteiger charge is 2.20. The Hall–Kier alpha value is -2.10. The first-order valence-corrected chi connectivity index (χ1v) is 9.88. The number of pyridine rings is 1. The third-order valence-corrected chi connectivity index (χ3v) is 5.93. The Balaban J connectivity index is 2.43. The summed E-state index contributed by atoms with van der Waals surface area (Å²) in [5.74, 6) is -0.0317. The molecule has 0 unspecified atom stereocenters. The van der Waals surface area contributed by atoms with Crippen LogP contribution in [0.25, 0.3) is 0 Å². The number of anilines is 1. The van der Waals surface area contributed by atoms with Crippen molar-refractivity contribution >= 4 is 33.4 Å². The highest BCUT2D eigenvalue weighted by Crippen LogP contribution is 2.29. The first-order valence-electron chi connectivity index (χ1n) is 7.22. The molecule has 0 aliphatic rings. The molecule has 0 bridgehead atoms. The molecule has 2 rings (SSSR count). The summed E-state index contributed by atoms with van der Waals surface area (Å²) in [5.41, 5.74) is 0.671. The molecular formula is C16H19N3O4S2. The topological polar surface area (TPSA) is 88.6 Å². The Morgan fingerprint density at radius 2 is 2.00 bits per heavy atom. The fraction of sp³-hybridized carbons (Fsp3) is 0.250. The van der Waals surface area contributed by atoms with Crippen LogP contribution in [-0.2, 0) is 10.0 Å². The van der Waals surface area contributed by atoms with E-state index in [1.807, 2.05) is 6.26 Å². The van der Waals surface area contributed by atoms with Crippen molar-refractivity contribution in [2.24, 2.45) is 0 Å². The predicted octanol–water partition coefficient (Wildman–Crippen LogP) is 2.31. The molecule has 2 aromatic rings. The molecule has 134 valence electrons. The zero-order valence-electron chi connectivity index (χ0n) is 14.3. The lowest BCUT2D eigenvalue weighted by atomic mass is 10.2. The maximum atomic E-state index is 12.6. The normalized spacial score (nSPS) is 11.4. The van der Waals surface area contributed by atoms with E-state index in [1.54, 1.807) is 18.3 Å². The molecule has 1 amide bonds. The Labute approximate surface area is 151 Å². The molecule has 1 aromatic carbocycles. The monoisotopic (exact) mass is 381 g/mol. The molecule has 1 heterocycles. The summed E-state index contributed by atoms with van der Waals surface area (Å²) in [7, 11) is 0.705. The largest absolute Gasteiger partial charge is 0.495 e. The summed E-state index contributed by atoms with van der Waals surface area (Å²) in [6.07, 6.45) is 3.43. The molecule has 7 nitrogen and oxygen atoms in total. The number of hydrogen-bond donors (Lipinski definition) is 1. The second kappa shape index (κ2) is 7.85. The van der Waals surface area contributed by atoms with Gasteiger partial charge in [-0.1, -0.05) is 0 Å². The van der Waals surface area contributed by atoms with Crippen molar-refractivity contribution in [2.45, 2.75) is 9.92 Å². The van der Waals surface area contributed by atoms with Crippen LogP contribution in [0.3, 0.4) is 0 Å². The standard InChI is InChI=1S/C16H19N3O4S2/c1-19(2)25(21,22)11-7-8-14(23-3)13(10-11)18-15(20)12-6-5-9-17-16(12)24-4/h5-10H,1-4H3,(H,18,20). The van der Waals surface area contributed by atoms with E-state index in [0.717, 1.165) is 4.31 Å².